The third-order valence-corrected chi connectivity index (χ3v) is 4.35. The van der Waals surface area contributed by atoms with Crippen LogP contribution in [0.25, 0.3) is 0 Å². The van der Waals surface area contributed by atoms with E-state index in [-0.39, 0.29) is 5.92 Å². The molecule has 26 heavy (non-hydrogen) atoms. The first kappa shape index (κ1) is 17.9. The monoisotopic (exact) mass is 347 g/mol. The van der Waals surface area contributed by atoms with Gasteiger partial charge in [0.1, 0.15) is 13.9 Å². The van der Waals surface area contributed by atoms with Gasteiger partial charge in [-0.2, -0.15) is 0 Å². The number of fused-ring (bicyclic) bond motifs is 1. The summed E-state index contributed by atoms with van der Waals surface area (Å²) in [6.07, 6.45) is 0. The third kappa shape index (κ3) is 3.15. The molecule has 0 saturated carbocycles. The predicted molar refractivity (Wildman–Crippen MR) is 96.6 cm³/mol. The second kappa shape index (κ2) is 7.16. The van der Waals surface area contributed by atoms with E-state index in [1.807, 2.05) is 6.07 Å². The zero-order valence-corrected chi connectivity index (χ0v) is 14.6. The van der Waals surface area contributed by atoms with Crippen molar-refractivity contribution in [1.82, 2.24) is 4.90 Å². The van der Waals surface area contributed by atoms with Gasteiger partial charge < -0.3 is 4.74 Å². The Bertz CT molecular complexity index is 815. The summed E-state index contributed by atoms with van der Waals surface area (Å²) >= 11 is 0. The molecular weight excluding hydrogens is 329 g/mol. The lowest BCUT2D eigenvalue weighted by Gasteiger charge is -2.29. The Hall–Kier alpha value is -2.89. The van der Waals surface area contributed by atoms with Crippen molar-refractivity contribution in [2.45, 2.75) is 25.9 Å². The molecule has 0 bridgehead atoms. The van der Waals surface area contributed by atoms with Crippen LogP contribution in [0.5, 0.6) is 0 Å². The van der Waals surface area contributed by atoms with Crippen LogP contribution in [0.4, 0.5) is 0 Å². The largest absolute Gasteiger partial charge is 0.467 e. The van der Waals surface area contributed by atoms with Crippen LogP contribution in [0, 0.1) is 5.92 Å². The summed E-state index contributed by atoms with van der Waals surface area (Å²) in [6, 6.07) is 13.4. The van der Waals surface area contributed by atoms with E-state index in [0.717, 1.165) is 4.90 Å². The van der Waals surface area contributed by atoms with Crippen molar-refractivity contribution in [1.29, 1.82) is 0 Å². The molecule has 1 unspecified atom stereocenters. The lowest BCUT2D eigenvalue weighted by molar-refractivity contribution is -0.152. The summed E-state index contributed by atoms with van der Waals surface area (Å²) in [4.78, 5) is 39.1. The van der Waals surface area contributed by atoms with Gasteiger partial charge in [-0.1, -0.05) is 56.3 Å². The fraction of sp³-hybridized carbons (Fsp3) is 0.250. The minimum absolute atomic E-state index is 0.295. The van der Waals surface area contributed by atoms with E-state index in [2.05, 4.69) is 0 Å². The molecule has 0 saturated heterocycles. The highest BCUT2D eigenvalue weighted by Crippen LogP contribution is 2.28. The van der Waals surface area contributed by atoms with Crippen LogP contribution in [-0.2, 0) is 9.53 Å². The highest BCUT2D eigenvalue weighted by atomic mass is 16.5. The number of rotatable bonds is 5. The molecule has 3 rings (SSSR count). The summed E-state index contributed by atoms with van der Waals surface area (Å²) in [6.45, 7) is 3.51. The maximum atomic E-state index is 12.7. The summed E-state index contributed by atoms with van der Waals surface area (Å²) < 4.78 is 5.36. The van der Waals surface area contributed by atoms with Crippen LogP contribution in [0.1, 0.15) is 46.1 Å². The second-order valence-electron chi connectivity index (χ2n) is 6.48. The third-order valence-electron chi connectivity index (χ3n) is 4.35. The van der Waals surface area contributed by atoms with E-state index >= 15 is 0 Å². The molecule has 0 N–H and O–H groups in total. The van der Waals surface area contributed by atoms with Gasteiger partial charge in [-0.25, -0.2) is 4.79 Å². The number of ether oxygens (including phenoxy) is 1. The first-order valence-corrected chi connectivity index (χ1v) is 8.39. The smallest absolute Gasteiger partial charge is 0.329 e. The number of nitrogens with zero attached hydrogens (tertiary/aromatic N) is 1. The van der Waals surface area contributed by atoms with Crippen LogP contribution < -0.4 is 0 Å². The standard InChI is InChI=1S/C20H18BNO4/c1-12(2)16(20(25)26-17(21)13-8-4-3-5-9-13)22-18(23)14-10-6-7-11-15(14)19(22)24/h3-12,16-17H,1-2H3/t16-,17?/m1/s1. The highest BCUT2D eigenvalue weighted by Gasteiger charge is 2.44. The molecule has 2 radical (unpaired) electrons. The van der Waals surface area contributed by atoms with Gasteiger partial charge in [0.05, 0.1) is 17.1 Å². The average molecular weight is 347 g/mol. The molecule has 0 aliphatic carbocycles. The molecule has 1 heterocycles. The van der Waals surface area contributed by atoms with Gasteiger partial charge in [0, 0.05) is 0 Å². The maximum absolute atomic E-state index is 12.7. The van der Waals surface area contributed by atoms with Crippen LogP contribution in [0.2, 0.25) is 0 Å². The highest BCUT2D eigenvalue weighted by molar-refractivity contribution is 6.22. The van der Waals surface area contributed by atoms with E-state index in [1.54, 1.807) is 62.4 Å². The Kier molecular flexibility index (Phi) is 4.93. The molecule has 1 aliphatic rings. The summed E-state index contributed by atoms with van der Waals surface area (Å²) in [7, 11) is 5.95. The normalized spacial score (nSPS) is 15.7. The van der Waals surface area contributed by atoms with Crippen molar-refractivity contribution in [3.05, 3.63) is 71.3 Å². The molecule has 2 aromatic carbocycles. The van der Waals surface area contributed by atoms with Gasteiger partial charge >= 0.3 is 5.97 Å². The quantitative estimate of drug-likeness (QED) is 0.474. The predicted octanol–water partition coefficient (Wildman–Crippen LogP) is 2.72. The molecule has 130 valence electrons. The van der Waals surface area contributed by atoms with Crippen LogP contribution in [-0.4, -0.2) is 36.6 Å². The van der Waals surface area contributed by atoms with Gasteiger partial charge in [0.2, 0.25) is 0 Å². The lowest BCUT2D eigenvalue weighted by atomic mass is 9.92. The molecule has 2 amide bonds. The summed E-state index contributed by atoms with van der Waals surface area (Å²) in [5.41, 5.74) is 1.22. The summed E-state index contributed by atoms with van der Waals surface area (Å²) in [5.74, 6) is -2.01. The van der Waals surface area contributed by atoms with Crippen molar-refractivity contribution in [3.8, 4) is 0 Å². The van der Waals surface area contributed by atoms with E-state index in [4.69, 9.17) is 12.6 Å². The molecule has 2 aromatic rings. The molecule has 6 heteroatoms. The minimum Gasteiger partial charge on any atom is -0.467 e. The molecule has 5 nitrogen and oxygen atoms in total. The van der Waals surface area contributed by atoms with E-state index < -0.39 is 29.8 Å². The Morgan fingerprint density at radius 3 is 1.92 bits per heavy atom. The number of hydrogen-bond acceptors (Lipinski definition) is 4. The fourth-order valence-electron chi connectivity index (χ4n) is 3.04. The van der Waals surface area contributed by atoms with Gasteiger partial charge in [-0.15, -0.1) is 0 Å². The Balaban J connectivity index is 1.85. The minimum atomic E-state index is -1.04. The first-order valence-electron chi connectivity index (χ1n) is 8.39. The zero-order chi connectivity index (χ0) is 18.8. The van der Waals surface area contributed by atoms with Crippen molar-refractivity contribution in [2.75, 3.05) is 0 Å². The number of benzene rings is 2. The van der Waals surface area contributed by atoms with Crippen molar-refractivity contribution >= 4 is 25.6 Å². The molecule has 2 atom stereocenters. The molecular formula is C20H18BNO4. The van der Waals surface area contributed by atoms with Crippen molar-refractivity contribution < 1.29 is 19.1 Å². The van der Waals surface area contributed by atoms with Gasteiger partial charge in [-0.05, 0) is 23.6 Å². The number of esters is 1. The average Bonchev–Trinajstić information content (AvgIpc) is 2.88. The van der Waals surface area contributed by atoms with E-state index in [9.17, 15) is 14.4 Å². The molecule has 1 aliphatic heterocycles. The fourth-order valence-corrected chi connectivity index (χ4v) is 3.04. The second-order valence-corrected chi connectivity index (χ2v) is 6.48. The molecule has 0 aromatic heterocycles. The van der Waals surface area contributed by atoms with Crippen molar-refractivity contribution in [2.24, 2.45) is 5.92 Å². The topological polar surface area (TPSA) is 63.7 Å². The Morgan fingerprint density at radius 1 is 0.923 bits per heavy atom. The van der Waals surface area contributed by atoms with Crippen molar-refractivity contribution in [3.63, 3.8) is 0 Å². The summed E-state index contributed by atoms with van der Waals surface area (Å²) in [5, 5.41) is 0. The van der Waals surface area contributed by atoms with Gasteiger partial charge in [0.25, 0.3) is 11.8 Å². The Morgan fingerprint density at radius 2 is 1.42 bits per heavy atom. The van der Waals surface area contributed by atoms with E-state index in [1.165, 1.54) is 0 Å². The maximum Gasteiger partial charge on any atom is 0.329 e. The van der Waals surface area contributed by atoms with Gasteiger partial charge in [0.15, 0.2) is 0 Å². The SMILES string of the molecule is [B]C(OC(=O)[C@@H](C(C)C)N1C(=O)c2ccccc2C1=O)c1ccccc1. The number of hydrogen-bond donors (Lipinski definition) is 0. The van der Waals surface area contributed by atoms with Gasteiger partial charge in [-0.3, -0.25) is 14.5 Å². The molecule has 0 spiro atoms. The lowest BCUT2D eigenvalue weighted by Crippen LogP contribution is -2.49. The Labute approximate surface area is 153 Å². The van der Waals surface area contributed by atoms with E-state index in [0.29, 0.717) is 16.7 Å². The number of carbonyl (C=O) groups is 3. The van der Waals surface area contributed by atoms with Crippen LogP contribution in [0.15, 0.2) is 54.6 Å². The first-order chi connectivity index (χ1) is 12.4. The van der Waals surface area contributed by atoms with Crippen LogP contribution in [0.3, 0.4) is 0 Å². The molecule has 0 fully saturated rings. The van der Waals surface area contributed by atoms with Crippen LogP contribution >= 0.6 is 0 Å². The number of amides is 2. The number of imide groups is 1. The zero-order valence-electron chi connectivity index (χ0n) is 14.6. The number of carbonyl (C=O) groups excluding carboxylic acids is 3.